The van der Waals surface area contributed by atoms with Gasteiger partial charge in [-0.1, -0.05) is 46.3 Å². The molecule has 0 radical (unpaired) electrons. The van der Waals surface area contributed by atoms with Gasteiger partial charge < -0.3 is 19.2 Å². The molecule has 6 rings (SSSR count). The number of hydrogen-bond donors (Lipinski definition) is 1. The summed E-state index contributed by atoms with van der Waals surface area (Å²) in [6.07, 6.45) is 1.52. The lowest BCUT2D eigenvalue weighted by Gasteiger charge is -2.16. The van der Waals surface area contributed by atoms with E-state index in [2.05, 4.69) is 58.2 Å². The molecule has 6 aromatic rings. The molecule has 9 nitrogen and oxygen atoms in total. The van der Waals surface area contributed by atoms with Gasteiger partial charge in [0.1, 0.15) is 5.58 Å². The van der Waals surface area contributed by atoms with Crippen LogP contribution in [0.5, 0.6) is 11.5 Å². The number of para-hydroxylation sites is 2. The molecular formula is C34H25Br3N4O5. The van der Waals surface area contributed by atoms with Gasteiger partial charge in [-0.3, -0.25) is 9.59 Å². The van der Waals surface area contributed by atoms with E-state index < -0.39 is 0 Å². The first-order chi connectivity index (χ1) is 22.2. The number of hydrogen-bond acceptors (Lipinski definition) is 7. The van der Waals surface area contributed by atoms with Crippen molar-refractivity contribution in [3.8, 4) is 23.1 Å². The highest BCUT2D eigenvalue weighted by molar-refractivity contribution is 9.13. The van der Waals surface area contributed by atoms with Crippen LogP contribution in [0.3, 0.4) is 0 Å². The number of carbonyl (C=O) groups is 1. The molecule has 0 fully saturated rings. The standard InChI is InChI=1S/C34H25Br3N4O5/c1-3-44-27-16-21(30(36)31(37)32(27)45-18-29(42)39-24-10-6-4-8-19(24)2)17-38-41-33(40-25-11-7-5-9-23(25)34(41)43)28-15-20-14-22(35)12-13-26(20)46-28/h4-17H,3,18H2,1-2H3,(H,39,42). The highest BCUT2D eigenvalue weighted by Gasteiger charge is 2.20. The lowest BCUT2D eigenvalue weighted by atomic mass is 10.2. The molecule has 1 N–H and O–H groups in total. The van der Waals surface area contributed by atoms with Crippen molar-refractivity contribution in [1.82, 2.24) is 9.66 Å². The second kappa shape index (κ2) is 13.6. The molecule has 0 saturated heterocycles. The number of fused-ring (bicyclic) bond motifs is 2. The summed E-state index contributed by atoms with van der Waals surface area (Å²) >= 11 is 10.7. The zero-order chi connectivity index (χ0) is 32.4. The Morgan fingerprint density at radius 1 is 1.00 bits per heavy atom. The van der Waals surface area contributed by atoms with E-state index in [-0.39, 0.29) is 23.9 Å². The number of aromatic nitrogens is 2. The van der Waals surface area contributed by atoms with Crippen LogP contribution < -0.4 is 20.3 Å². The molecule has 232 valence electrons. The summed E-state index contributed by atoms with van der Waals surface area (Å²) in [6, 6.07) is 23.8. The van der Waals surface area contributed by atoms with E-state index >= 15 is 0 Å². The fourth-order valence-corrected chi connectivity index (χ4v) is 6.08. The first-order valence-corrected chi connectivity index (χ1v) is 16.5. The van der Waals surface area contributed by atoms with E-state index in [1.165, 1.54) is 10.9 Å². The first-order valence-electron chi connectivity index (χ1n) is 14.1. The van der Waals surface area contributed by atoms with Crippen LogP contribution in [0, 0.1) is 6.92 Å². The molecule has 0 spiro atoms. The minimum atomic E-state index is -0.363. The molecule has 0 aliphatic carbocycles. The second-order valence-corrected chi connectivity index (χ2v) is 12.6. The predicted octanol–water partition coefficient (Wildman–Crippen LogP) is 8.70. The third-order valence-corrected chi connectivity index (χ3v) is 9.62. The van der Waals surface area contributed by atoms with Gasteiger partial charge in [0, 0.05) is 25.6 Å². The average Bonchev–Trinajstić information content (AvgIpc) is 3.47. The van der Waals surface area contributed by atoms with Gasteiger partial charge in [0.15, 0.2) is 23.9 Å². The molecule has 0 atom stereocenters. The number of furan rings is 1. The first kappa shape index (κ1) is 31.7. The molecule has 0 bridgehead atoms. The molecule has 46 heavy (non-hydrogen) atoms. The van der Waals surface area contributed by atoms with Crippen LogP contribution in [0.25, 0.3) is 33.5 Å². The van der Waals surface area contributed by atoms with Crippen LogP contribution in [0.15, 0.2) is 107 Å². The maximum absolute atomic E-state index is 13.7. The zero-order valence-electron chi connectivity index (χ0n) is 24.5. The van der Waals surface area contributed by atoms with Crippen molar-refractivity contribution in [2.75, 3.05) is 18.5 Å². The lowest BCUT2D eigenvalue weighted by Crippen LogP contribution is -2.21. The van der Waals surface area contributed by atoms with E-state index in [1.807, 2.05) is 68.4 Å². The van der Waals surface area contributed by atoms with Gasteiger partial charge in [-0.05, 0) is 99.8 Å². The van der Waals surface area contributed by atoms with Crippen molar-refractivity contribution in [3.05, 3.63) is 114 Å². The number of nitrogens with one attached hydrogen (secondary N) is 1. The Kier molecular flexibility index (Phi) is 9.39. The molecule has 1 amide bonds. The Balaban J connectivity index is 1.37. The SMILES string of the molecule is CCOc1cc(C=Nn2c(-c3cc4cc(Br)ccc4o3)nc3ccccc3c2=O)c(Br)c(Br)c1OCC(=O)Nc1ccccc1C. The van der Waals surface area contributed by atoms with E-state index in [4.69, 9.17) is 18.9 Å². The van der Waals surface area contributed by atoms with E-state index in [1.54, 1.807) is 24.3 Å². The number of halogens is 3. The fourth-order valence-electron chi connectivity index (χ4n) is 4.77. The molecule has 2 heterocycles. The maximum Gasteiger partial charge on any atom is 0.282 e. The Hall–Kier alpha value is -4.26. The summed E-state index contributed by atoms with van der Waals surface area (Å²) < 4.78 is 21.1. The Bertz CT molecular complexity index is 2210. The van der Waals surface area contributed by atoms with Gasteiger partial charge in [-0.15, -0.1) is 0 Å². The third-order valence-electron chi connectivity index (χ3n) is 6.99. The Morgan fingerprint density at radius 3 is 2.59 bits per heavy atom. The summed E-state index contributed by atoms with van der Waals surface area (Å²) in [5.74, 6) is 1.03. The number of nitrogens with zero attached hydrogens (tertiary/aromatic N) is 3. The minimum absolute atomic E-state index is 0.243. The Morgan fingerprint density at radius 2 is 1.78 bits per heavy atom. The molecule has 0 saturated carbocycles. The summed E-state index contributed by atoms with van der Waals surface area (Å²) in [5, 5.41) is 8.70. The maximum atomic E-state index is 13.7. The van der Waals surface area contributed by atoms with Gasteiger partial charge in [0.2, 0.25) is 5.82 Å². The number of ether oxygens (including phenoxy) is 2. The normalized spacial score (nSPS) is 11.4. The average molecular weight is 809 g/mol. The zero-order valence-corrected chi connectivity index (χ0v) is 29.3. The molecular weight excluding hydrogens is 784 g/mol. The van der Waals surface area contributed by atoms with Crippen molar-refractivity contribution >= 4 is 87.5 Å². The quantitative estimate of drug-likeness (QED) is 0.147. The summed E-state index contributed by atoms with van der Waals surface area (Å²) in [4.78, 5) is 31.2. The second-order valence-electron chi connectivity index (χ2n) is 10.1. The van der Waals surface area contributed by atoms with Gasteiger partial charge in [0.25, 0.3) is 11.5 Å². The fraction of sp³-hybridized carbons (Fsp3) is 0.118. The number of aryl methyl sites for hydroxylation is 1. The topological polar surface area (TPSA) is 108 Å². The van der Waals surface area contributed by atoms with Gasteiger partial charge in [0.05, 0.1) is 28.2 Å². The van der Waals surface area contributed by atoms with Crippen molar-refractivity contribution in [2.24, 2.45) is 5.10 Å². The number of amides is 1. The number of benzene rings is 4. The van der Waals surface area contributed by atoms with Crippen LogP contribution in [0.2, 0.25) is 0 Å². The van der Waals surface area contributed by atoms with Crippen molar-refractivity contribution in [3.63, 3.8) is 0 Å². The van der Waals surface area contributed by atoms with Crippen molar-refractivity contribution in [2.45, 2.75) is 13.8 Å². The van der Waals surface area contributed by atoms with Crippen LogP contribution >= 0.6 is 47.8 Å². The summed E-state index contributed by atoms with van der Waals surface area (Å²) in [7, 11) is 0. The number of rotatable bonds is 9. The van der Waals surface area contributed by atoms with Crippen LogP contribution in [-0.2, 0) is 4.79 Å². The Labute approximate surface area is 288 Å². The van der Waals surface area contributed by atoms with Crippen LogP contribution in [0.1, 0.15) is 18.1 Å². The highest BCUT2D eigenvalue weighted by atomic mass is 79.9. The molecule has 2 aromatic heterocycles. The molecule has 0 unspecified atom stereocenters. The predicted molar refractivity (Wildman–Crippen MR) is 190 cm³/mol. The lowest BCUT2D eigenvalue weighted by molar-refractivity contribution is -0.118. The minimum Gasteiger partial charge on any atom is -0.490 e. The molecule has 4 aromatic carbocycles. The van der Waals surface area contributed by atoms with Gasteiger partial charge >= 0.3 is 0 Å². The van der Waals surface area contributed by atoms with Gasteiger partial charge in [-0.25, -0.2) is 4.98 Å². The molecule has 12 heteroatoms. The van der Waals surface area contributed by atoms with E-state index in [0.29, 0.717) is 60.5 Å². The monoisotopic (exact) mass is 806 g/mol. The largest absolute Gasteiger partial charge is 0.490 e. The molecule has 0 aliphatic rings. The molecule has 0 aliphatic heterocycles. The number of anilines is 1. The van der Waals surface area contributed by atoms with E-state index in [9.17, 15) is 9.59 Å². The smallest absolute Gasteiger partial charge is 0.282 e. The van der Waals surface area contributed by atoms with E-state index in [0.717, 1.165) is 15.4 Å². The number of carbonyl (C=O) groups excluding carboxylic acids is 1. The third kappa shape index (κ3) is 6.51. The summed E-state index contributed by atoms with van der Waals surface area (Å²) in [6.45, 7) is 3.86. The van der Waals surface area contributed by atoms with Crippen molar-refractivity contribution < 1.29 is 18.7 Å². The summed E-state index contributed by atoms with van der Waals surface area (Å²) in [5.41, 5.74) is 3.03. The van der Waals surface area contributed by atoms with Crippen molar-refractivity contribution in [1.29, 1.82) is 0 Å². The van der Waals surface area contributed by atoms with Crippen LogP contribution in [-0.4, -0.2) is 35.0 Å². The van der Waals surface area contributed by atoms with Crippen LogP contribution in [0.4, 0.5) is 5.69 Å². The van der Waals surface area contributed by atoms with Gasteiger partial charge in [-0.2, -0.15) is 9.78 Å². The highest BCUT2D eigenvalue weighted by Crippen LogP contribution is 2.42.